The van der Waals surface area contributed by atoms with Gasteiger partial charge in [0, 0.05) is 43.4 Å². The molecule has 1 fully saturated rings. The highest BCUT2D eigenvalue weighted by Gasteiger charge is 2.21. The SMILES string of the molecule is COC(=O)c1ccc(N2CCN(C(=O)NCc3ccc(Cl)cc3)CC2)cc1. The molecule has 2 aromatic carbocycles. The number of ether oxygens (including phenoxy) is 1. The van der Waals surface area contributed by atoms with Crippen molar-refractivity contribution >= 4 is 29.3 Å². The van der Waals surface area contributed by atoms with Gasteiger partial charge in [0.1, 0.15) is 0 Å². The molecule has 27 heavy (non-hydrogen) atoms. The second-order valence-corrected chi connectivity index (χ2v) is 6.73. The molecule has 0 spiro atoms. The second-order valence-electron chi connectivity index (χ2n) is 6.30. The summed E-state index contributed by atoms with van der Waals surface area (Å²) in [5, 5.41) is 3.62. The summed E-state index contributed by atoms with van der Waals surface area (Å²) in [6, 6.07) is 14.7. The molecule has 0 saturated carbocycles. The van der Waals surface area contributed by atoms with Gasteiger partial charge in [-0.2, -0.15) is 0 Å². The van der Waals surface area contributed by atoms with Crippen LogP contribution in [0.3, 0.4) is 0 Å². The Balaban J connectivity index is 1.48. The number of amides is 2. The first kappa shape index (κ1) is 19.0. The number of nitrogens with zero attached hydrogens (tertiary/aromatic N) is 2. The van der Waals surface area contributed by atoms with Crippen molar-refractivity contribution in [1.82, 2.24) is 10.2 Å². The van der Waals surface area contributed by atoms with Crippen molar-refractivity contribution in [3.8, 4) is 0 Å². The van der Waals surface area contributed by atoms with Crippen LogP contribution in [0.15, 0.2) is 48.5 Å². The number of halogens is 1. The quantitative estimate of drug-likeness (QED) is 0.818. The molecule has 0 aliphatic carbocycles. The van der Waals surface area contributed by atoms with Crippen molar-refractivity contribution in [2.24, 2.45) is 0 Å². The van der Waals surface area contributed by atoms with Crippen LogP contribution < -0.4 is 10.2 Å². The van der Waals surface area contributed by atoms with Gasteiger partial charge in [-0.15, -0.1) is 0 Å². The fourth-order valence-electron chi connectivity index (χ4n) is 2.99. The Morgan fingerprint density at radius 3 is 2.22 bits per heavy atom. The number of nitrogens with one attached hydrogen (secondary N) is 1. The number of benzene rings is 2. The predicted molar refractivity (Wildman–Crippen MR) is 105 cm³/mol. The number of esters is 1. The molecule has 0 aromatic heterocycles. The van der Waals surface area contributed by atoms with E-state index in [0.717, 1.165) is 24.3 Å². The third-order valence-corrected chi connectivity index (χ3v) is 4.83. The summed E-state index contributed by atoms with van der Waals surface area (Å²) in [6.45, 7) is 3.25. The molecule has 7 heteroatoms. The van der Waals surface area contributed by atoms with E-state index in [4.69, 9.17) is 16.3 Å². The molecular formula is C20H22ClN3O3. The Morgan fingerprint density at radius 1 is 1.00 bits per heavy atom. The Hall–Kier alpha value is -2.73. The van der Waals surface area contributed by atoms with Crippen LogP contribution >= 0.6 is 11.6 Å². The molecule has 0 bridgehead atoms. The van der Waals surface area contributed by atoms with Crippen LogP contribution in [0.2, 0.25) is 5.02 Å². The summed E-state index contributed by atoms with van der Waals surface area (Å²) >= 11 is 5.87. The standard InChI is InChI=1S/C20H22ClN3O3/c1-27-19(25)16-4-8-18(9-5-16)23-10-12-24(13-11-23)20(26)22-14-15-2-6-17(21)7-3-15/h2-9H,10-14H2,1H3,(H,22,26). The van der Waals surface area contributed by atoms with Crippen LogP contribution in [0.5, 0.6) is 0 Å². The maximum absolute atomic E-state index is 12.4. The number of methoxy groups -OCH3 is 1. The first-order valence-electron chi connectivity index (χ1n) is 8.77. The average Bonchev–Trinajstić information content (AvgIpc) is 2.73. The van der Waals surface area contributed by atoms with E-state index in [1.54, 1.807) is 12.1 Å². The number of rotatable bonds is 4. The van der Waals surface area contributed by atoms with Gasteiger partial charge in [-0.3, -0.25) is 0 Å². The largest absolute Gasteiger partial charge is 0.465 e. The number of carbonyl (C=O) groups excluding carboxylic acids is 2. The topological polar surface area (TPSA) is 61.9 Å². The number of anilines is 1. The highest BCUT2D eigenvalue weighted by Crippen LogP contribution is 2.18. The summed E-state index contributed by atoms with van der Waals surface area (Å²) in [7, 11) is 1.37. The van der Waals surface area contributed by atoms with Crippen molar-refractivity contribution in [2.75, 3.05) is 38.2 Å². The third kappa shape index (κ3) is 4.92. The Morgan fingerprint density at radius 2 is 1.63 bits per heavy atom. The molecule has 2 amide bonds. The summed E-state index contributed by atoms with van der Waals surface area (Å²) < 4.78 is 4.71. The molecule has 0 unspecified atom stereocenters. The van der Waals surface area contributed by atoms with Crippen molar-refractivity contribution in [3.05, 3.63) is 64.7 Å². The van der Waals surface area contributed by atoms with Crippen LogP contribution in [0, 0.1) is 0 Å². The number of piperazine rings is 1. The van der Waals surface area contributed by atoms with Gasteiger partial charge in [0.15, 0.2) is 0 Å². The van der Waals surface area contributed by atoms with E-state index >= 15 is 0 Å². The van der Waals surface area contributed by atoms with Gasteiger partial charge in [-0.05, 0) is 42.0 Å². The minimum atomic E-state index is -0.344. The fraction of sp³-hybridized carbons (Fsp3) is 0.300. The molecule has 0 radical (unpaired) electrons. The maximum Gasteiger partial charge on any atom is 0.337 e. The van der Waals surface area contributed by atoms with Gasteiger partial charge in [0.05, 0.1) is 12.7 Å². The zero-order chi connectivity index (χ0) is 19.2. The predicted octanol–water partition coefficient (Wildman–Crippen LogP) is 3.16. The maximum atomic E-state index is 12.4. The van der Waals surface area contributed by atoms with Crippen molar-refractivity contribution < 1.29 is 14.3 Å². The molecule has 3 rings (SSSR count). The van der Waals surface area contributed by atoms with Crippen LogP contribution in [-0.2, 0) is 11.3 Å². The lowest BCUT2D eigenvalue weighted by Crippen LogP contribution is -2.51. The summed E-state index contributed by atoms with van der Waals surface area (Å²) in [5.74, 6) is -0.344. The molecule has 6 nitrogen and oxygen atoms in total. The van der Waals surface area contributed by atoms with E-state index in [1.807, 2.05) is 41.3 Å². The van der Waals surface area contributed by atoms with Gasteiger partial charge < -0.3 is 19.9 Å². The zero-order valence-corrected chi connectivity index (χ0v) is 15.9. The molecule has 1 aliphatic rings. The van der Waals surface area contributed by atoms with Crippen molar-refractivity contribution in [2.45, 2.75) is 6.54 Å². The molecule has 1 heterocycles. The summed E-state index contributed by atoms with van der Waals surface area (Å²) in [4.78, 5) is 27.9. The molecule has 2 aromatic rings. The molecule has 0 atom stereocenters. The van der Waals surface area contributed by atoms with E-state index in [1.165, 1.54) is 7.11 Å². The Bertz CT molecular complexity index is 785. The van der Waals surface area contributed by atoms with Crippen molar-refractivity contribution in [3.63, 3.8) is 0 Å². The minimum Gasteiger partial charge on any atom is -0.465 e. The smallest absolute Gasteiger partial charge is 0.337 e. The lowest BCUT2D eigenvalue weighted by atomic mass is 10.2. The first-order valence-corrected chi connectivity index (χ1v) is 9.15. The lowest BCUT2D eigenvalue weighted by Gasteiger charge is -2.36. The highest BCUT2D eigenvalue weighted by atomic mass is 35.5. The second kappa shape index (κ2) is 8.77. The normalized spacial score (nSPS) is 14.0. The Labute approximate surface area is 163 Å². The molecule has 1 saturated heterocycles. The fourth-order valence-corrected chi connectivity index (χ4v) is 3.11. The van der Waals surface area contributed by atoms with Gasteiger partial charge >= 0.3 is 12.0 Å². The number of hydrogen-bond acceptors (Lipinski definition) is 4. The van der Waals surface area contributed by atoms with Crippen molar-refractivity contribution in [1.29, 1.82) is 0 Å². The van der Waals surface area contributed by atoms with E-state index in [-0.39, 0.29) is 12.0 Å². The monoisotopic (exact) mass is 387 g/mol. The number of hydrogen-bond donors (Lipinski definition) is 1. The van der Waals surface area contributed by atoms with Gasteiger partial charge in [-0.25, -0.2) is 9.59 Å². The molecule has 1 N–H and O–H groups in total. The third-order valence-electron chi connectivity index (χ3n) is 4.58. The van der Waals surface area contributed by atoms with Gasteiger partial charge in [-0.1, -0.05) is 23.7 Å². The van der Waals surface area contributed by atoms with Crippen LogP contribution in [0.25, 0.3) is 0 Å². The summed E-state index contributed by atoms with van der Waals surface area (Å²) in [6.07, 6.45) is 0. The Kier molecular flexibility index (Phi) is 6.19. The van der Waals surface area contributed by atoms with Gasteiger partial charge in [0.2, 0.25) is 0 Å². The number of urea groups is 1. The lowest BCUT2D eigenvalue weighted by molar-refractivity contribution is 0.0600. The van der Waals surface area contributed by atoms with E-state index in [9.17, 15) is 9.59 Å². The van der Waals surface area contributed by atoms with Crippen LogP contribution in [-0.4, -0.2) is 50.2 Å². The van der Waals surface area contributed by atoms with Gasteiger partial charge in [0.25, 0.3) is 0 Å². The van der Waals surface area contributed by atoms with E-state index in [0.29, 0.717) is 30.2 Å². The average molecular weight is 388 g/mol. The molecular weight excluding hydrogens is 366 g/mol. The zero-order valence-electron chi connectivity index (χ0n) is 15.2. The first-order chi connectivity index (χ1) is 13.1. The van der Waals surface area contributed by atoms with E-state index in [2.05, 4.69) is 10.2 Å². The van der Waals surface area contributed by atoms with E-state index < -0.39 is 0 Å². The highest BCUT2D eigenvalue weighted by molar-refractivity contribution is 6.30. The number of carbonyl (C=O) groups is 2. The molecule has 1 aliphatic heterocycles. The minimum absolute atomic E-state index is 0.0642. The van der Waals surface area contributed by atoms with Crippen LogP contribution in [0.1, 0.15) is 15.9 Å². The summed E-state index contributed by atoms with van der Waals surface area (Å²) in [5.41, 5.74) is 2.57. The van der Waals surface area contributed by atoms with Crippen LogP contribution in [0.4, 0.5) is 10.5 Å². The molecule has 142 valence electrons.